The van der Waals surface area contributed by atoms with Crippen LogP contribution in [0.5, 0.6) is 11.5 Å². The first-order chi connectivity index (χ1) is 30.4. The summed E-state index contributed by atoms with van der Waals surface area (Å²) in [5.41, 5.74) is -0.692. The molecule has 0 radical (unpaired) electrons. The average molecular weight is 925 g/mol. The van der Waals surface area contributed by atoms with Gasteiger partial charge in [0.2, 0.25) is 11.8 Å². The highest BCUT2D eigenvalue weighted by Crippen LogP contribution is 2.57. The fraction of sp³-hybridized carbons (Fsp3) is 0.652. The first-order valence-corrected chi connectivity index (χ1v) is 24.0. The number of ether oxygens (including phenoxy) is 4. The zero-order valence-corrected chi connectivity index (χ0v) is 39.4. The Morgan fingerprint density at radius 1 is 1.05 bits per heavy atom. The van der Waals surface area contributed by atoms with Gasteiger partial charge in [0.15, 0.2) is 5.13 Å². The number of hydrogen-bond acceptors (Lipinski definition) is 13. The molecule has 0 bridgehead atoms. The van der Waals surface area contributed by atoms with E-state index >= 15 is 0 Å². The number of carboxylic acids is 1. The number of fused-ring (bicyclic) bond motifs is 2. The second-order valence-corrected chi connectivity index (χ2v) is 20.8. The van der Waals surface area contributed by atoms with Crippen molar-refractivity contribution in [2.45, 2.75) is 116 Å². The largest absolute Gasteiger partial charge is 0.491 e. The number of likely N-dealkylation sites (tertiary alicyclic amines) is 1. The average Bonchev–Trinajstić information content (AvgIpc) is 3.73. The molecule has 3 aliphatic carbocycles. The van der Waals surface area contributed by atoms with Crippen molar-refractivity contribution >= 4 is 62.8 Å². The lowest BCUT2D eigenvalue weighted by atomic mass is 9.85. The van der Waals surface area contributed by atoms with Crippen LogP contribution in [-0.2, 0) is 23.9 Å². The van der Waals surface area contributed by atoms with Crippen molar-refractivity contribution in [3.63, 3.8) is 0 Å². The number of amides is 3. The van der Waals surface area contributed by atoms with Crippen LogP contribution in [0, 0.1) is 29.1 Å². The summed E-state index contributed by atoms with van der Waals surface area (Å²) in [5.74, 6) is 0.198. The molecule has 5 aliphatic rings. The summed E-state index contributed by atoms with van der Waals surface area (Å²) in [6.07, 6.45) is 0.892. The highest BCUT2D eigenvalue weighted by Gasteiger charge is 2.62. The van der Waals surface area contributed by atoms with Crippen molar-refractivity contribution in [3.8, 4) is 22.9 Å². The van der Waals surface area contributed by atoms with Gasteiger partial charge in [-0.15, -0.1) is 11.3 Å². The number of alkyl carbamates (subject to hydrolysis) is 1. The molecule has 2 saturated heterocycles. The molecule has 5 fully saturated rings. The van der Waals surface area contributed by atoms with Crippen LogP contribution >= 0.6 is 22.9 Å². The molecule has 4 N–H and O–H groups in total. The molecule has 3 amide bonds. The van der Waals surface area contributed by atoms with E-state index < -0.39 is 53.0 Å². The SMILES string of the molecule is CC[C@@H]1C[C@]1(NC(=O)[C@@H]1C[C@@H](Oc2cc(-c3csc(NC(C)C)n3)nc3c(Cl)c(OCCN4CCOCC4)ccc23)CN1C(=O)[C@@H](NC(=O)O[C@@H]1C[C@@H]2[C@H](C)[C@@H]2C1)C(C)(C)C)C(=O)O. The summed E-state index contributed by atoms with van der Waals surface area (Å²) in [4.78, 5) is 68.7. The van der Waals surface area contributed by atoms with Crippen LogP contribution in [0.4, 0.5) is 9.93 Å². The first kappa shape index (κ1) is 46.1. The number of carboxylic acid groups (broad SMARTS) is 1. The molecule has 2 aliphatic heterocycles. The van der Waals surface area contributed by atoms with Crippen LogP contribution in [-0.4, -0.2) is 131 Å². The predicted molar refractivity (Wildman–Crippen MR) is 243 cm³/mol. The Morgan fingerprint density at radius 3 is 2.44 bits per heavy atom. The van der Waals surface area contributed by atoms with Crippen molar-refractivity contribution in [2.75, 3.05) is 51.3 Å². The van der Waals surface area contributed by atoms with Crippen LogP contribution in [0.3, 0.4) is 0 Å². The molecular weight excluding hydrogens is 862 g/mol. The van der Waals surface area contributed by atoms with Crippen molar-refractivity contribution in [2.24, 2.45) is 29.1 Å². The zero-order valence-electron chi connectivity index (χ0n) is 37.8. The van der Waals surface area contributed by atoms with Crippen molar-refractivity contribution < 1.29 is 43.2 Å². The highest BCUT2D eigenvalue weighted by atomic mass is 35.5. The smallest absolute Gasteiger partial charge is 0.408 e. The third kappa shape index (κ3) is 9.73. The summed E-state index contributed by atoms with van der Waals surface area (Å²) in [7, 11) is 0. The minimum Gasteiger partial charge on any atom is -0.491 e. The Labute approximate surface area is 383 Å². The maximum absolute atomic E-state index is 14.9. The zero-order chi connectivity index (χ0) is 45.7. The number of nitrogens with one attached hydrogen (secondary N) is 3. The number of carbonyl (C=O) groups excluding carboxylic acids is 3. The van der Waals surface area contributed by atoms with Gasteiger partial charge in [0.25, 0.3) is 0 Å². The quantitative estimate of drug-likeness (QED) is 0.123. The molecule has 3 saturated carbocycles. The summed E-state index contributed by atoms with van der Waals surface area (Å²) in [6.45, 7) is 17.8. The molecule has 18 heteroatoms. The molecular formula is C46H62ClN7O9S. The van der Waals surface area contributed by atoms with E-state index in [4.69, 9.17) is 40.5 Å². The minimum absolute atomic E-state index is 0.0316. The molecule has 8 rings (SSSR count). The number of anilines is 1. The van der Waals surface area contributed by atoms with E-state index in [1.165, 1.54) is 16.2 Å². The third-order valence-corrected chi connectivity index (χ3v) is 14.9. The fourth-order valence-corrected chi connectivity index (χ4v) is 11.0. The number of thiazole rings is 1. The van der Waals surface area contributed by atoms with Crippen LogP contribution in [0.15, 0.2) is 23.6 Å². The monoisotopic (exact) mass is 923 g/mol. The van der Waals surface area contributed by atoms with Gasteiger partial charge in [-0.25, -0.2) is 19.6 Å². The Bertz CT molecular complexity index is 2240. The topological polar surface area (TPSA) is 194 Å². The highest BCUT2D eigenvalue weighted by molar-refractivity contribution is 7.14. The molecule has 0 unspecified atom stereocenters. The van der Waals surface area contributed by atoms with Gasteiger partial charge in [-0.1, -0.05) is 52.6 Å². The van der Waals surface area contributed by atoms with E-state index in [9.17, 15) is 24.3 Å². The number of nitrogens with zero attached hydrogens (tertiary/aromatic N) is 4. The lowest BCUT2D eigenvalue weighted by molar-refractivity contribution is -0.146. The van der Waals surface area contributed by atoms with Gasteiger partial charge in [0, 0.05) is 48.9 Å². The van der Waals surface area contributed by atoms with Crippen molar-refractivity contribution in [1.29, 1.82) is 0 Å². The molecule has 9 atom stereocenters. The first-order valence-electron chi connectivity index (χ1n) is 22.7. The molecule has 16 nitrogen and oxygen atoms in total. The Kier molecular flexibility index (Phi) is 13.3. The summed E-state index contributed by atoms with van der Waals surface area (Å²) in [5, 5.41) is 22.8. The van der Waals surface area contributed by atoms with Gasteiger partial charge in [0.05, 0.1) is 31.0 Å². The number of rotatable bonds is 16. The minimum atomic E-state index is -1.42. The van der Waals surface area contributed by atoms with Crippen LogP contribution in [0.25, 0.3) is 22.3 Å². The molecule has 4 heterocycles. The number of halogens is 1. The standard InChI is InChI=1S/C46H62ClN7O9S/c1-8-26-21-46(26,42(57)58)52-40(55)34-19-28(22-54(34)41(56)39(45(5,6)7)51-44(59)63-27-17-30-25(4)31(30)18-27)62-36-20-32(33-23-64-43(50-33)48-24(2)3)49-38-29(36)9-10-35(37(38)47)61-16-13-53-11-14-60-15-12-53/h9-10,20,23-28,30-31,34,39H,8,11-19,21-22H2,1-7H3,(H,48,50)(H,51,59)(H,52,55)(H,57,58)/t25-,26-,27+,28-,30+,31-,34+,39-,46-/m1/s1. The number of aliphatic carboxylic acids is 1. The molecule has 0 spiro atoms. The maximum atomic E-state index is 14.9. The number of hydrogen-bond donors (Lipinski definition) is 4. The predicted octanol–water partition coefficient (Wildman–Crippen LogP) is 6.45. The number of pyridine rings is 1. The molecule has 64 heavy (non-hydrogen) atoms. The van der Waals surface area contributed by atoms with Gasteiger partial charge in [-0.05, 0) is 74.3 Å². The van der Waals surface area contributed by atoms with Crippen molar-refractivity contribution in [3.05, 3.63) is 28.6 Å². The van der Waals surface area contributed by atoms with Crippen LogP contribution in [0.2, 0.25) is 5.02 Å². The summed E-state index contributed by atoms with van der Waals surface area (Å²) in [6, 6.07) is 3.37. The summed E-state index contributed by atoms with van der Waals surface area (Å²) >= 11 is 8.56. The van der Waals surface area contributed by atoms with Gasteiger partial charge < -0.3 is 44.9 Å². The number of morpholine rings is 1. The van der Waals surface area contributed by atoms with E-state index in [0.717, 1.165) is 31.1 Å². The fourth-order valence-electron chi connectivity index (χ4n) is 9.84. The van der Waals surface area contributed by atoms with E-state index in [1.807, 2.05) is 53.0 Å². The van der Waals surface area contributed by atoms with Gasteiger partial charge in [-0.3, -0.25) is 14.5 Å². The molecule has 3 aromatic rings. The number of aromatic nitrogens is 2. The van der Waals surface area contributed by atoms with Crippen molar-refractivity contribution in [1.82, 2.24) is 30.4 Å². The normalized spacial score (nSPS) is 28.1. The second-order valence-electron chi connectivity index (χ2n) is 19.6. The van der Waals surface area contributed by atoms with Gasteiger partial charge >= 0.3 is 12.1 Å². The number of carbonyl (C=O) groups is 4. The maximum Gasteiger partial charge on any atom is 0.408 e. The van der Waals surface area contributed by atoms with E-state index in [-0.39, 0.29) is 31.0 Å². The lowest BCUT2D eigenvalue weighted by Crippen LogP contribution is -2.59. The van der Waals surface area contributed by atoms with E-state index in [0.29, 0.717) is 95.8 Å². The van der Waals surface area contributed by atoms with Crippen LogP contribution < -0.4 is 25.4 Å². The Balaban J connectivity index is 1.09. The number of benzene rings is 1. The molecule has 1 aromatic carbocycles. The Morgan fingerprint density at radius 2 is 1.78 bits per heavy atom. The lowest BCUT2D eigenvalue weighted by Gasteiger charge is -2.35. The van der Waals surface area contributed by atoms with E-state index in [2.05, 4.69) is 27.8 Å². The third-order valence-electron chi connectivity index (χ3n) is 13.7. The Hall–Kier alpha value is -4.45. The van der Waals surface area contributed by atoms with Crippen LogP contribution in [0.1, 0.15) is 80.6 Å². The van der Waals surface area contributed by atoms with Gasteiger partial charge in [0.1, 0.15) is 58.7 Å². The van der Waals surface area contributed by atoms with Gasteiger partial charge in [-0.2, -0.15) is 0 Å². The molecule has 348 valence electrons. The summed E-state index contributed by atoms with van der Waals surface area (Å²) < 4.78 is 24.4. The second kappa shape index (κ2) is 18.4. The molecule has 2 aromatic heterocycles. The van der Waals surface area contributed by atoms with E-state index in [1.54, 1.807) is 12.1 Å².